The van der Waals surface area contributed by atoms with Crippen molar-refractivity contribution in [1.29, 1.82) is 0 Å². The van der Waals surface area contributed by atoms with Crippen LogP contribution in [0.4, 0.5) is 0 Å². The average molecular weight is 239 g/mol. The lowest BCUT2D eigenvalue weighted by Crippen LogP contribution is -2.13. The lowest BCUT2D eigenvalue weighted by atomic mass is 10.1. The molecule has 0 aromatic carbocycles. The summed E-state index contributed by atoms with van der Waals surface area (Å²) in [6.45, 7) is 7.82. The molecule has 100 valence electrons. The van der Waals surface area contributed by atoms with Crippen LogP contribution in [0.1, 0.15) is 41.5 Å². The highest BCUT2D eigenvalue weighted by molar-refractivity contribution is 5.30. The highest BCUT2D eigenvalue weighted by Crippen LogP contribution is 2.15. The van der Waals surface area contributed by atoms with Gasteiger partial charge in [-0.15, -0.1) is 0 Å². The highest BCUT2D eigenvalue weighted by atomic mass is 16.5. The fourth-order valence-corrected chi connectivity index (χ4v) is 1.51. The molecule has 1 N–H and O–H groups in total. The Balaban J connectivity index is 0. The Bertz CT molecular complexity index is 270. The van der Waals surface area contributed by atoms with Crippen LogP contribution in [0.15, 0.2) is 35.6 Å². The maximum atomic E-state index is 5.66. The van der Waals surface area contributed by atoms with Crippen molar-refractivity contribution in [3.63, 3.8) is 0 Å². The van der Waals surface area contributed by atoms with Gasteiger partial charge in [-0.3, -0.25) is 0 Å². The minimum Gasteiger partial charge on any atom is -0.493 e. The Labute approximate surface area is 108 Å². The Kier molecular flexibility index (Phi) is 10.8. The van der Waals surface area contributed by atoms with Gasteiger partial charge in [0.05, 0.1) is 0 Å². The minimum atomic E-state index is 0. The van der Waals surface area contributed by atoms with Crippen molar-refractivity contribution in [2.45, 2.75) is 40.0 Å². The molecule has 0 amide bonds. The second kappa shape index (κ2) is 11.5. The van der Waals surface area contributed by atoms with Gasteiger partial charge < -0.3 is 10.1 Å². The van der Waals surface area contributed by atoms with Gasteiger partial charge >= 0.3 is 0 Å². The Morgan fingerprint density at radius 2 is 2.18 bits per heavy atom. The van der Waals surface area contributed by atoms with Crippen molar-refractivity contribution in [2.75, 3.05) is 20.2 Å². The van der Waals surface area contributed by atoms with E-state index in [2.05, 4.69) is 36.5 Å². The van der Waals surface area contributed by atoms with Gasteiger partial charge in [-0.1, -0.05) is 39.3 Å². The molecule has 0 heterocycles. The molecule has 2 nitrogen and oxygen atoms in total. The molecule has 17 heavy (non-hydrogen) atoms. The molecule has 0 spiro atoms. The van der Waals surface area contributed by atoms with E-state index in [1.165, 1.54) is 12.0 Å². The molecule has 0 aliphatic heterocycles. The van der Waals surface area contributed by atoms with Crippen LogP contribution in [0.25, 0.3) is 0 Å². The molecule has 0 aromatic heterocycles. The predicted octanol–water partition coefficient (Wildman–Crippen LogP) is 4.06. The third kappa shape index (κ3) is 7.81. The summed E-state index contributed by atoms with van der Waals surface area (Å²) in [5.74, 6) is 1.01. The van der Waals surface area contributed by atoms with Crippen molar-refractivity contribution in [2.24, 2.45) is 0 Å². The molecule has 0 saturated heterocycles. The monoisotopic (exact) mass is 239 g/mol. The van der Waals surface area contributed by atoms with E-state index in [1.54, 1.807) is 0 Å². The molecule has 0 fully saturated rings. The number of hydrogen-bond acceptors (Lipinski definition) is 2. The fraction of sp³-hybridized carbons (Fsp3) is 0.600. The van der Waals surface area contributed by atoms with Gasteiger partial charge in [0.2, 0.25) is 0 Å². The van der Waals surface area contributed by atoms with Gasteiger partial charge in [-0.2, -0.15) is 0 Å². The summed E-state index contributed by atoms with van der Waals surface area (Å²) >= 11 is 0. The van der Waals surface area contributed by atoms with Crippen molar-refractivity contribution < 1.29 is 6.16 Å². The van der Waals surface area contributed by atoms with Gasteiger partial charge in [-0.05, 0) is 37.6 Å². The second-order valence-electron chi connectivity index (χ2n) is 3.67. The zero-order valence-electron chi connectivity index (χ0n) is 11.8. The summed E-state index contributed by atoms with van der Waals surface area (Å²) in [5.41, 5.74) is 1.37. The van der Waals surface area contributed by atoms with E-state index in [4.69, 9.17) is 4.74 Å². The maximum Gasteiger partial charge on any atom is 0.115 e. The van der Waals surface area contributed by atoms with Crippen molar-refractivity contribution in [1.82, 2.24) is 5.32 Å². The summed E-state index contributed by atoms with van der Waals surface area (Å²) in [4.78, 5) is 0. The van der Waals surface area contributed by atoms with Crippen LogP contribution >= 0.6 is 0 Å². The smallest absolute Gasteiger partial charge is 0.115 e. The van der Waals surface area contributed by atoms with Crippen molar-refractivity contribution >= 4 is 0 Å². The predicted molar refractivity (Wildman–Crippen MR) is 78.2 cm³/mol. The molecule has 0 saturated carbocycles. The molecule has 0 unspecified atom stereocenters. The number of hydrogen-bond donors (Lipinski definition) is 1. The van der Waals surface area contributed by atoms with Crippen LogP contribution in [0.3, 0.4) is 0 Å². The summed E-state index contributed by atoms with van der Waals surface area (Å²) in [6, 6.07) is 0. The summed E-state index contributed by atoms with van der Waals surface area (Å²) in [5, 5.41) is 3.07. The van der Waals surface area contributed by atoms with Crippen LogP contribution in [0, 0.1) is 0 Å². The standard InChI is InChI=1S/C13H21NO.C2H6.H2/c1-3-6-12-7-4-5-8-13(11-12)15-10-9-14-2;1-2;/h4,7-8,11,14H,3,5-6,9-10H2,1-2H3;1-2H3;1H. The van der Waals surface area contributed by atoms with Crippen LogP contribution < -0.4 is 5.32 Å². The third-order valence-corrected chi connectivity index (χ3v) is 2.27. The van der Waals surface area contributed by atoms with E-state index >= 15 is 0 Å². The number of nitrogens with one attached hydrogen (secondary N) is 1. The van der Waals surface area contributed by atoms with E-state index in [9.17, 15) is 0 Å². The van der Waals surface area contributed by atoms with Crippen LogP contribution in [-0.4, -0.2) is 20.2 Å². The number of likely N-dealkylation sites (N-methyl/N-ethyl adjacent to an activating group) is 1. The number of ether oxygens (including phenoxy) is 1. The first-order valence-electron chi connectivity index (χ1n) is 6.71. The first-order valence-corrected chi connectivity index (χ1v) is 6.71. The molecular weight excluding hydrogens is 210 g/mol. The van der Waals surface area contributed by atoms with E-state index < -0.39 is 0 Å². The SMILES string of the molecule is CC.CCCC1=CC(OCCNC)=CCC=C1.[HH]. The van der Waals surface area contributed by atoms with E-state index in [1.807, 2.05) is 20.9 Å². The first-order chi connectivity index (χ1) is 8.36. The van der Waals surface area contributed by atoms with Crippen LogP contribution in [0.5, 0.6) is 0 Å². The molecule has 0 radical (unpaired) electrons. The molecule has 1 aliphatic carbocycles. The van der Waals surface area contributed by atoms with Crippen molar-refractivity contribution in [3.8, 4) is 0 Å². The van der Waals surface area contributed by atoms with Crippen molar-refractivity contribution in [3.05, 3.63) is 35.6 Å². The minimum absolute atomic E-state index is 0. The van der Waals surface area contributed by atoms with E-state index in [-0.39, 0.29) is 1.43 Å². The summed E-state index contributed by atoms with van der Waals surface area (Å²) < 4.78 is 5.66. The topological polar surface area (TPSA) is 21.3 Å². The Morgan fingerprint density at radius 3 is 2.82 bits per heavy atom. The Morgan fingerprint density at radius 1 is 1.41 bits per heavy atom. The largest absolute Gasteiger partial charge is 0.493 e. The van der Waals surface area contributed by atoms with Gasteiger partial charge in [0, 0.05) is 7.97 Å². The van der Waals surface area contributed by atoms with E-state index in [0.29, 0.717) is 0 Å². The molecule has 0 aromatic rings. The molecule has 0 atom stereocenters. The van der Waals surface area contributed by atoms with Gasteiger partial charge in [0.15, 0.2) is 0 Å². The van der Waals surface area contributed by atoms with Gasteiger partial charge in [0.25, 0.3) is 0 Å². The number of rotatable bonds is 6. The second-order valence-corrected chi connectivity index (χ2v) is 3.67. The third-order valence-electron chi connectivity index (χ3n) is 2.27. The molecule has 1 aliphatic rings. The summed E-state index contributed by atoms with van der Waals surface area (Å²) in [6.07, 6.45) is 12.0. The molecule has 1 rings (SSSR count). The molecule has 2 heteroatoms. The molecule has 0 bridgehead atoms. The summed E-state index contributed by atoms with van der Waals surface area (Å²) in [7, 11) is 1.94. The average Bonchev–Trinajstić information content (AvgIpc) is 2.58. The van der Waals surface area contributed by atoms with E-state index in [0.717, 1.165) is 31.8 Å². The highest BCUT2D eigenvalue weighted by Gasteiger charge is 2.00. The van der Waals surface area contributed by atoms with Gasteiger partial charge in [-0.25, -0.2) is 0 Å². The normalized spacial score (nSPS) is 14.1. The van der Waals surface area contributed by atoms with Crippen LogP contribution in [-0.2, 0) is 4.74 Å². The zero-order valence-corrected chi connectivity index (χ0v) is 11.8. The van der Waals surface area contributed by atoms with Gasteiger partial charge in [0.1, 0.15) is 12.4 Å². The fourth-order valence-electron chi connectivity index (χ4n) is 1.51. The quantitative estimate of drug-likeness (QED) is 0.706. The lowest BCUT2D eigenvalue weighted by Gasteiger charge is -2.07. The van der Waals surface area contributed by atoms with Crippen LogP contribution in [0.2, 0.25) is 0 Å². The first kappa shape index (κ1) is 16.0. The zero-order chi connectivity index (χ0) is 12.9. The Hall–Kier alpha value is -1.02. The lowest BCUT2D eigenvalue weighted by molar-refractivity contribution is 0.226. The number of allylic oxidation sites excluding steroid dienone is 5. The maximum absolute atomic E-state index is 5.66. The molecular formula is C15H29NO.